The summed E-state index contributed by atoms with van der Waals surface area (Å²) in [6, 6.07) is 17.1. The van der Waals surface area contributed by atoms with Crippen molar-refractivity contribution in [2.45, 2.75) is 13.0 Å². The molecular formula is C21H20N2O4S. The number of nitrogens with one attached hydrogen (secondary N) is 2. The van der Waals surface area contributed by atoms with E-state index in [0.717, 1.165) is 0 Å². The average molecular weight is 396 g/mol. The van der Waals surface area contributed by atoms with Gasteiger partial charge in [0.05, 0.1) is 12.0 Å². The number of carbonyl (C=O) groups is 2. The number of carbonyl (C=O) groups excluding carboxylic acids is 2. The number of methoxy groups -OCH3 is 1. The molecule has 3 aromatic rings. The summed E-state index contributed by atoms with van der Waals surface area (Å²) in [4.78, 5) is 24.9. The Balaban J connectivity index is 1.57. The first-order valence-electron chi connectivity index (χ1n) is 8.63. The van der Waals surface area contributed by atoms with Crippen molar-refractivity contribution in [2.24, 2.45) is 0 Å². The number of rotatable bonds is 7. The molecule has 6 nitrogen and oxygen atoms in total. The standard InChI is InChI=1S/C21H20N2O4S/c1-14(22-21(25)19-8-5-13-28-19)20(24)23-15-9-11-16(12-10-15)27-18-7-4-3-6-17(18)26-2/h3-14H,1-2H3,(H,22,25)(H,23,24). The van der Waals surface area contributed by atoms with Crippen molar-refractivity contribution in [1.29, 1.82) is 0 Å². The van der Waals surface area contributed by atoms with Crippen LogP contribution in [0.25, 0.3) is 0 Å². The van der Waals surface area contributed by atoms with E-state index in [9.17, 15) is 9.59 Å². The molecule has 0 saturated heterocycles. The van der Waals surface area contributed by atoms with E-state index in [1.54, 1.807) is 50.4 Å². The minimum atomic E-state index is -0.667. The molecule has 7 heteroatoms. The van der Waals surface area contributed by atoms with Crippen molar-refractivity contribution in [2.75, 3.05) is 12.4 Å². The molecule has 0 aliphatic heterocycles. The Labute approximate surface area is 167 Å². The van der Waals surface area contributed by atoms with E-state index in [4.69, 9.17) is 9.47 Å². The van der Waals surface area contributed by atoms with Gasteiger partial charge < -0.3 is 20.1 Å². The number of amides is 2. The number of para-hydroxylation sites is 2. The second-order valence-corrected chi connectivity index (χ2v) is 6.89. The summed E-state index contributed by atoms with van der Waals surface area (Å²) >= 11 is 1.33. The number of benzene rings is 2. The quantitative estimate of drug-likeness (QED) is 0.624. The number of thiophene rings is 1. The molecule has 3 rings (SSSR count). The highest BCUT2D eigenvalue weighted by Gasteiger charge is 2.17. The molecule has 0 saturated carbocycles. The number of hydrogen-bond donors (Lipinski definition) is 2. The van der Waals surface area contributed by atoms with Crippen molar-refractivity contribution in [3.05, 3.63) is 70.9 Å². The van der Waals surface area contributed by atoms with Crippen molar-refractivity contribution in [3.63, 3.8) is 0 Å². The molecule has 144 valence electrons. The molecule has 2 N–H and O–H groups in total. The lowest BCUT2D eigenvalue weighted by atomic mass is 10.2. The van der Waals surface area contributed by atoms with Crippen LogP contribution in [0.3, 0.4) is 0 Å². The molecule has 1 unspecified atom stereocenters. The Hall–Kier alpha value is -3.32. The summed E-state index contributed by atoms with van der Waals surface area (Å²) in [5, 5.41) is 7.27. The fourth-order valence-corrected chi connectivity index (χ4v) is 3.05. The lowest BCUT2D eigenvalue weighted by molar-refractivity contribution is -0.117. The SMILES string of the molecule is COc1ccccc1Oc1ccc(NC(=O)C(C)NC(=O)c2cccs2)cc1. The molecule has 0 aliphatic rings. The summed E-state index contributed by atoms with van der Waals surface area (Å²) in [5.41, 5.74) is 0.606. The molecule has 0 radical (unpaired) electrons. The van der Waals surface area contributed by atoms with Crippen LogP contribution < -0.4 is 20.1 Å². The van der Waals surface area contributed by atoms with Crippen LogP contribution in [0, 0.1) is 0 Å². The second kappa shape index (κ2) is 9.05. The molecule has 2 amide bonds. The molecule has 1 heterocycles. The topological polar surface area (TPSA) is 76.7 Å². The van der Waals surface area contributed by atoms with Crippen LogP contribution in [0.4, 0.5) is 5.69 Å². The highest BCUT2D eigenvalue weighted by atomic mass is 32.1. The Morgan fingerprint density at radius 2 is 1.68 bits per heavy atom. The lowest BCUT2D eigenvalue weighted by Gasteiger charge is -2.14. The first-order chi connectivity index (χ1) is 13.6. The molecule has 0 fully saturated rings. The second-order valence-electron chi connectivity index (χ2n) is 5.94. The van der Waals surface area contributed by atoms with Gasteiger partial charge in [-0.15, -0.1) is 11.3 Å². The van der Waals surface area contributed by atoms with Gasteiger partial charge in [-0.3, -0.25) is 9.59 Å². The van der Waals surface area contributed by atoms with Gasteiger partial charge in [-0.05, 0) is 54.8 Å². The van der Waals surface area contributed by atoms with Crippen LogP contribution in [-0.4, -0.2) is 25.0 Å². The first kappa shape index (κ1) is 19.4. The predicted octanol–water partition coefficient (Wildman–Crippen LogP) is 4.31. The maximum atomic E-state index is 12.3. The van der Waals surface area contributed by atoms with Gasteiger partial charge in [0.2, 0.25) is 5.91 Å². The Bertz CT molecular complexity index is 939. The van der Waals surface area contributed by atoms with Crippen molar-refractivity contribution >= 4 is 28.8 Å². The van der Waals surface area contributed by atoms with E-state index in [1.165, 1.54) is 11.3 Å². The van der Waals surface area contributed by atoms with Crippen LogP contribution in [0.1, 0.15) is 16.6 Å². The zero-order valence-corrected chi connectivity index (χ0v) is 16.3. The predicted molar refractivity (Wildman–Crippen MR) is 109 cm³/mol. The van der Waals surface area contributed by atoms with Gasteiger partial charge in [0.1, 0.15) is 11.8 Å². The molecule has 1 atom stereocenters. The van der Waals surface area contributed by atoms with Crippen LogP contribution in [0.5, 0.6) is 17.2 Å². The fraction of sp³-hybridized carbons (Fsp3) is 0.143. The van der Waals surface area contributed by atoms with Crippen molar-refractivity contribution in [1.82, 2.24) is 5.32 Å². The molecule has 0 aliphatic carbocycles. The first-order valence-corrected chi connectivity index (χ1v) is 9.51. The van der Waals surface area contributed by atoms with Crippen molar-refractivity contribution in [3.8, 4) is 17.2 Å². The average Bonchev–Trinajstić information content (AvgIpc) is 3.25. The largest absolute Gasteiger partial charge is 0.493 e. The summed E-state index contributed by atoms with van der Waals surface area (Å²) < 4.78 is 11.1. The number of hydrogen-bond acceptors (Lipinski definition) is 5. The van der Waals surface area contributed by atoms with Gasteiger partial charge in [0.25, 0.3) is 5.91 Å². The molecule has 28 heavy (non-hydrogen) atoms. The van der Waals surface area contributed by atoms with Gasteiger partial charge in [0, 0.05) is 5.69 Å². The van der Waals surface area contributed by atoms with E-state index in [-0.39, 0.29) is 11.8 Å². The molecule has 2 aromatic carbocycles. The van der Waals surface area contributed by atoms with Crippen molar-refractivity contribution < 1.29 is 19.1 Å². The van der Waals surface area contributed by atoms with Crippen LogP contribution >= 0.6 is 11.3 Å². The monoisotopic (exact) mass is 396 g/mol. The lowest BCUT2D eigenvalue weighted by Crippen LogP contribution is -2.41. The third kappa shape index (κ3) is 4.89. The third-order valence-electron chi connectivity index (χ3n) is 3.90. The zero-order valence-electron chi connectivity index (χ0n) is 15.5. The molecule has 0 spiro atoms. The number of ether oxygens (including phenoxy) is 2. The minimum absolute atomic E-state index is 0.266. The maximum absolute atomic E-state index is 12.3. The molecular weight excluding hydrogens is 376 g/mol. The Morgan fingerprint density at radius 3 is 2.32 bits per heavy atom. The van der Waals surface area contributed by atoms with E-state index in [2.05, 4.69) is 10.6 Å². The van der Waals surface area contributed by atoms with E-state index < -0.39 is 6.04 Å². The van der Waals surface area contributed by atoms with Gasteiger partial charge in [0.15, 0.2) is 11.5 Å². The molecule has 0 bridgehead atoms. The maximum Gasteiger partial charge on any atom is 0.261 e. The summed E-state index contributed by atoms with van der Waals surface area (Å²) in [7, 11) is 1.58. The Morgan fingerprint density at radius 1 is 0.964 bits per heavy atom. The minimum Gasteiger partial charge on any atom is -0.493 e. The van der Waals surface area contributed by atoms with E-state index in [0.29, 0.717) is 27.8 Å². The van der Waals surface area contributed by atoms with Gasteiger partial charge in [-0.25, -0.2) is 0 Å². The summed E-state index contributed by atoms with van der Waals surface area (Å²) in [6.07, 6.45) is 0. The summed E-state index contributed by atoms with van der Waals surface area (Å²) in [5.74, 6) is 1.28. The number of anilines is 1. The van der Waals surface area contributed by atoms with Gasteiger partial charge in [-0.2, -0.15) is 0 Å². The third-order valence-corrected chi connectivity index (χ3v) is 4.77. The summed E-state index contributed by atoms with van der Waals surface area (Å²) in [6.45, 7) is 1.64. The van der Waals surface area contributed by atoms with E-state index >= 15 is 0 Å². The fourth-order valence-electron chi connectivity index (χ4n) is 2.43. The molecule has 1 aromatic heterocycles. The van der Waals surface area contributed by atoms with Gasteiger partial charge in [-0.1, -0.05) is 18.2 Å². The van der Waals surface area contributed by atoms with E-state index in [1.807, 2.05) is 29.6 Å². The highest BCUT2D eigenvalue weighted by molar-refractivity contribution is 7.12. The van der Waals surface area contributed by atoms with Gasteiger partial charge >= 0.3 is 0 Å². The Kier molecular flexibility index (Phi) is 6.29. The van der Waals surface area contributed by atoms with Crippen LogP contribution in [-0.2, 0) is 4.79 Å². The highest BCUT2D eigenvalue weighted by Crippen LogP contribution is 2.31. The van der Waals surface area contributed by atoms with Crippen LogP contribution in [0.2, 0.25) is 0 Å². The normalized spacial score (nSPS) is 11.4. The zero-order chi connectivity index (χ0) is 19.9. The smallest absolute Gasteiger partial charge is 0.261 e. The van der Waals surface area contributed by atoms with Crippen LogP contribution in [0.15, 0.2) is 66.0 Å².